The molecule has 2 aromatic rings. The lowest BCUT2D eigenvalue weighted by molar-refractivity contribution is 0.181. The highest BCUT2D eigenvalue weighted by molar-refractivity contribution is 5.79. The molecular formula is C21H29N3O2. The standard InChI is InChI=1S/C21H29N3O2/c1-4-22-21(23-14-18-8-6-7-9-20(18)26-5-2)24-15-19(25)17-12-10-16(3)11-13-17/h6-13,19,25H,4-5,14-15H2,1-3H3,(H2,22,23,24). The molecule has 0 radical (unpaired) electrons. The minimum Gasteiger partial charge on any atom is -0.494 e. The van der Waals surface area contributed by atoms with E-state index in [1.165, 1.54) is 5.56 Å². The number of para-hydroxylation sites is 1. The molecular weight excluding hydrogens is 326 g/mol. The van der Waals surface area contributed by atoms with Crippen molar-refractivity contribution >= 4 is 5.96 Å². The summed E-state index contributed by atoms with van der Waals surface area (Å²) >= 11 is 0. The minimum atomic E-state index is -0.588. The number of ether oxygens (including phenoxy) is 1. The molecule has 0 bridgehead atoms. The molecule has 0 spiro atoms. The Morgan fingerprint density at radius 2 is 1.81 bits per heavy atom. The number of nitrogens with zero attached hydrogens (tertiary/aromatic N) is 1. The Kier molecular flexibility index (Phi) is 7.96. The zero-order chi connectivity index (χ0) is 18.8. The highest BCUT2D eigenvalue weighted by Gasteiger charge is 2.09. The summed E-state index contributed by atoms with van der Waals surface area (Å²) in [5.41, 5.74) is 3.10. The van der Waals surface area contributed by atoms with Crippen molar-refractivity contribution in [1.29, 1.82) is 0 Å². The summed E-state index contributed by atoms with van der Waals surface area (Å²) in [4.78, 5) is 4.61. The number of aliphatic imine (C=N–C) groups is 1. The molecule has 1 unspecified atom stereocenters. The first kappa shape index (κ1) is 19.8. The van der Waals surface area contributed by atoms with Crippen molar-refractivity contribution in [2.24, 2.45) is 4.99 Å². The first-order chi connectivity index (χ1) is 12.6. The van der Waals surface area contributed by atoms with E-state index in [2.05, 4.69) is 15.6 Å². The van der Waals surface area contributed by atoms with Gasteiger partial charge in [0.2, 0.25) is 0 Å². The molecule has 0 aliphatic rings. The van der Waals surface area contributed by atoms with Gasteiger partial charge in [-0.25, -0.2) is 4.99 Å². The molecule has 2 aromatic carbocycles. The van der Waals surface area contributed by atoms with Gasteiger partial charge in [-0.05, 0) is 32.4 Å². The number of hydrogen-bond acceptors (Lipinski definition) is 3. The molecule has 5 heteroatoms. The second-order valence-electron chi connectivity index (χ2n) is 6.04. The Bertz CT molecular complexity index is 699. The maximum absolute atomic E-state index is 10.4. The molecule has 3 N–H and O–H groups in total. The second kappa shape index (κ2) is 10.5. The van der Waals surface area contributed by atoms with E-state index in [4.69, 9.17) is 4.74 Å². The summed E-state index contributed by atoms with van der Waals surface area (Å²) in [5.74, 6) is 1.53. The maximum Gasteiger partial charge on any atom is 0.191 e. The predicted molar refractivity (Wildman–Crippen MR) is 107 cm³/mol. The zero-order valence-electron chi connectivity index (χ0n) is 15.8. The third-order valence-electron chi connectivity index (χ3n) is 3.95. The fourth-order valence-electron chi connectivity index (χ4n) is 2.54. The van der Waals surface area contributed by atoms with Gasteiger partial charge in [0.15, 0.2) is 5.96 Å². The monoisotopic (exact) mass is 355 g/mol. The zero-order valence-corrected chi connectivity index (χ0v) is 15.8. The second-order valence-corrected chi connectivity index (χ2v) is 6.04. The van der Waals surface area contributed by atoms with Crippen molar-refractivity contribution in [2.75, 3.05) is 19.7 Å². The number of hydrogen-bond donors (Lipinski definition) is 3. The maximum atomic E-state index is 10.4. The molecule has 1 atom stereocenters. The molecule has 26 heavy (non-hydrogen) atoms. The van der Waals surface area contributed by atoms with Crippen LogP contribution in [0.2, 0.25) is 0 Å². The van der Waals surface area contributed by atoms with E-state index < -0.39 is 6.10 Å². The average molecular weight is 355 g/mol. The molecule has 0 amide bonds. The van der Waals surface area contributed by atoms with E-state index in [9.17, 15) is 5.11 Å². The number of nitrogens with one attached hydrogen (secondary N) is 2. The van der Waals surface area contributed by atoms with Gasteiger partial charge < -0.3 is 20.5 Å². The summed E-state index contributed by atoms with van der Waals surface area (Å²) in [6, 6.07) is 15.8. The van der Waals surface area contributed by atoms with Crippen LogP contribution in [0.3, 0.4) is 0 Å². The first-order valence-corrected chi connectivity index (χ1v) is 9.11. The van der Waals surface area contributed by atoms with Gasteiger partial charge >= 0.3 is 0 Å². The molecule has 140 valence electrons. The lowest BCUT2D eigenvalue weighted by Gasteiger charge is -2.16. The van der Waals surface area contributed by atoms with Crippen LogP contribution < -0.4 is 15.4 Å². The van der Waals surface area contributed by atoms with Gasteiger partial charge in [0, 0.05) is 18.7 Å². The van der Waals surface area contributed by atoms with Crippen molar-refractivity contribution in [1.82, 2.24) is 10.6 Å². The van der Waals surface area contributed by atoms with E-state index in [0.717, 1.165) is 23.4 Å². The van der Waals surface area contributed by atoms with Gasteiger partial charge in [-0.3, -0.25) is 0 Å². The van der Waals surface area contributed by atoms with E-state index in [1.807, 2.05) is 69.3 Å². The van der Waals surface area contributed by atoms with Crippen molar-refractivity contribution in [2.45, 2.75) is 33.4 Å². The lowest BCUT2D eigenvalue weighted by Crippen LogP contribution is -2.39. The molecule has 0 aliphatic heterocycles. The molecule has 0 fully saturated rings. The number of rotatable bonds is 8. The average Bonchev–Trinajstić information content (AvgIpc) is 2.65. The number of guanidine groups is 1. The van der Waals surface area contributed by atoms with Gasteiger partial charge in [-0.2, -0.15) is 0 Å². The topological polar surface area (TPSA) is 65.9 Å². The van der Waals surface area contributed by atoms with Crippen molar-refractivity contribution < 1.29 is 9.84 Å². The lowest BCUT2D eigenvalue weighted by atomic mass is 10.1. The molecule has 0 saturated carbocycles. The Hall–Kier alpha value is -2.53. The summed E-state index contributed by atoms with van der Waals surface area (Å²) in [6.07, 6.45) is -0.588. The largest absolute Gasteiger partial charge is 0.494 e. The van der Waals surface area contributed by atoms with Gasteiger partial charge in [0.1, 0.15) is 5.75 Å². The Morgan fingerprint density at radius 1 is 1.08 bits per heavy atom. The van der Waals surface area contributed by atoms with Gasteiger partial charge in [-0.15, -0.1) is 0 Å². The molecule has 0 saturated heterocycles. The van der Waals surface area contributed by atoms with Crippen LogP contribution in [0.1, 0.15) is 36.6 Å². The predicted octanol–water partition coefficient (Wildman–Crippen LogP) is 3.18. The first-order valence-electron chi connectivity index (χ1n) is 9.11. The number of benzene rings is 2. The quantitative estimate of drug-likeness (QED) is 0.503. The van der Waals surface area contributed by atoms with Gasteiger partial charge in [-0.1, -0.05) is 48.0 Å². The van der Waals surface area contributed by atoms with E-state index >= 15 is 0 Å². The van der Waals surface area contributed by atoms with Crippen LogP contribution in [0.25, 0.3) is 0 Å². The summed E-state index contributed by atoms with van der Waals surface area (Å²) < 4.78 is 5.64. The molecule has 5 nitrogen and oxygen atoms in total. The van der Waals surface area contributed by atoms with Crippen LogP contribution in [0.5, 0.6) is 5.75 Å². The van der Waals surface area contributed by atoms with Crippen LogP contribution in [-0.2, 0) is 6.54 Å². The number of aliphatic hydroxyl groups excluding tert-OH is 1. The highest BCUT2D eigenvalue weighted by Crippen LogP contribution is 2.18. The summed E-state index contributed by atoms with van der Waals surface area (Å²) in [5, 5.41) is 16.8. The van der Waals surface area contributed by atoms with E-state index in [1.54, 1.807) is 0 Å². The number of aliphatic hydroxyl groups is 1. The van der Waals surface area contributed by atoms with Gasteiger partial charge in [0.05, 0.1) is 19.3 Å². The molecule has 0 aliphatic carbocycles. The fourth-order valence-corrected chi connectivity index (χ4v) is 2.54. The smallest absolute Gasteiger partial charge is 0.191 e. The van der Waals surface area contributed by atoms with Crippen molar-refractivity contribution in [3.63, 3.8) is 0 Å². The fraction of sp³-hybridized carbons (Fsp3) is 0.381. The van der Waals surface area contributed by atoms with Crippen molar-refractivity contribution in [3.05, 3.63) is 65.2 Å². The van der Waals surface area contributed by atoms with Crippen LogP contribution >= 0.6 is 0 Å². The number of aryl methyl sites for hydroxylation is 1. The molecule has 0 aromatic heterocycles. The van der Waals surface area contributed by atoms with Crippen LogP contribution in [-0.4, -0.2) is 30.8 Å². The Morgan fingerprint density at radius 3 is 2.50 bits per heavy atom. The molecule has 2 rings (SSSR count). The van der Waals surface area contributed by atoms with Crippen LogP contribution in [0.15, 0.2) is 53.5 Å². The SMILES string of the molecule is CCNC(=NCc1ccccc1OCC)NCC(O)c1ccc(C)cc1. The molecule has 0 heterocycles. The summed E-state index contributed by atoms with van der Waals surface area (Å²) in [6.45, 7) is 8.29. The minimum absolute atomic E-state index is 0.391. The Balaban J connectivity index is 1.99. The van der Waals surface area contributed by atoms with Crippen molar-refractivity contribution in [3.8, 4) is 5.75 Å². The normalized spacial score (nSPS) is 12.5. The van der Waals surface area contributed by atoms with Crippen LogP contribution in [0.4, 0.5) is 0 Å². The van der Waals surface area contributed by atoms with E-state index in [0.29, 0.717) is 25.7 Å². The Labute approximate surface area is 156 Å². The van der Waals surface area contributed by atoms with Crippen LogP contribution in [0, 0.1) is 6.92 Å². The third kappa shape index (κ3) is 6.08. The van der Waals surface area contributed by atoms with E-state index in [-0.39, 0.29) is 0 Å². The highest BCUT2D eigenvalue weighted by atomic mass is 16.5. The summed E-state index contributed by atoms with van der Waals surface area (Å²) in [7, 11) is 0. The van der Waals surface area contributed by atoms with Gasteiger partial charge in [0.25, 0.3) is 0 Å². The third-order valence-corrected chi connectivity index (χ3v) is 3.95.